The summed E-state index contributed by atoms with van der Waals surface area (Å²) in [5, 5.41) is 0. The van der Waals surface area contributed by atoms with Gasteiger partial charge in [-0.2, -0.15) is 0 Å². The molecule has 2 rings (SSSR count). The molecule has 19 heavy (non-hydrogen) atoms. The van der Waals surface area contributed by atoms with Crippen molar-refractivity contribution in [2.45, 2.75) is 43.4 Å². The van der Waals surface area contributed by atoms with Crippen LogP contribution in [0, 0.1) is 12.8 Å². The molecule has 0 N–H and O–H groups in total. The molecule has 1 saturated carbocycles. The van der Waals surface area contributed by atoms with E-state index in [1.54, 1.807) is 18.3 Å². The van der Waals surface area contributed by atoms with Crippen LogP contribution >= 0.6 is 0 Å². The molecule has 1 unspecified atom stereocenters. The van der Waals surface area contributed by atoms with Gasteiger partial charge in [-0.3, -0.25) is 0 Å². The number of hydrogen-bond donors (Lipinski definition) is 0. The van der Waals surface area contributed by atoms with Gasteiger partial charge >= 0.3 is 0 Å². The zero-order chi connectivity index (χ0) is 13.9. The molecule has 2 nitrogen and oxygen atoms in total. The van der Waals surface area contributed by atoms with E-state index in [0.717, 1.165) is 5.56 Å². The molecular weight excluding hydrogens is 268 g/mol. The van der Waals surface area contributed by atoms with Crippen LogP contribution in [0.1, 0.15) is 31.2 Å². The Kier molecular flexibility index (Phi) is 4.58. The Balaban J connectivity index is 1.90. The van der Waals surface area contributed by atoms with Gasteiger partial charge in [-0.05, 0) is 37.8 Å². The van der Waals surface area contributed by atoms with Gasteiger partial charge in [-0.15, -0.1) is 0 Å². The predicted molar refractivity (Wildman–Crippen MR) is 73.0 cm³/mol. The van der Waals surface area contributed by atoms with Crippen LogP contribution in [-0.4, -0.2) is 16.7 Å². The quantitative estimate of drug-likeness (QED) is 0.612. The highest BCUT2D eigenvalue weighted by molar-refractivity contribution is 7.90. The van der Waals surface area contributed by atoms with Gasteiger partial charge in [0.25, 0.3) is 0 Å². The topological polar surface area (TPSA) is 35.4 Å². The summed E-state index contributed by atoms with van der Waals surface area (Å²) in [7, 11) is 0. The molecule has 0 spiro atoms. The van der Waals surface area contributed by atoms with E-state index in [2.05, 4.69) is 4.40 Å². The van der Waals surface area contributed by atoms with Crippen molar-refractivity contribution in [3.05, 3.63) is 29.8 Å². The lowest BCUT2D eigenvalue weighted by Gasteiger charge is -2.25. The van der Waals surface area contributed by atoms with E-state index in [4.69, 9.17) is 0 Å². The van der Waals surface area contributed by atoms with Gasteiger partial charge in [0.05, 0.1) is 6.21 Å². The third kappa shape index (κ3) is 4.28. The fourth-order valence-corrected chi connectivity index (χ4v) is 2.84. The Hall–Kier alpha value is -0.940. The summed E-state index contributed by atoms with van der Waals surface area (Å²) in [5.41, 5.74) is 1.10. The normalized spacial score (nSPS) is 21.7. The average molecular weight is 285 g/mol. The summed E-state index contributed by atoms with van der Waals surface area (Å²) < 4.78 is 41.8. The lowest BCUT2D eigenvalue weighted by Crippen LogP contribution is -2.25. The van der Waals surface area contributed by atoms with E-state index in [1.165, 1.54) is 0 Å². The van der Waals surface area contributed by atoms with E-state index < -0.39 is 17.3 Å². The van der Waals surface area contributed by atoms with Crippen LogP contribution < -0.4 is 0 Å². The first kappa shape index (κ1) is 14.5. The van der Waals surface area contributed by atoms with E-state index in [9.17, 15) is 13.3 Å². The molecule has 1 aliphatic rings. The van der Waals surface area contributed by atoms with Crippen LogP contribution in [0.15, 0.2) is 33.6 Å². The minimum absolute atomic E-state index is 0.0222. The van der Waals surface area contributed by atoms with Gasteiger partial charge in [0, 0.05) is 12.8 Å². The second-order valence-electron chi connectivity index (χ2n) is 5.01. The van der Waals surface area contributed by atoms with E-state index in [-0.39, 0.29) is 18.8 Å². The molecule has 1 atom stereocenters. The maximum absolute atomic E-state index is 13.0. The molecule has 0 aromatic heterocycles. The van der Waals surface area contributed by atoms with Crippen LogP contribution in [-0.2, 0) is 11.4 Å². The fourth-order valence-electron chi connectivity index (χ4n) is 2.07. The van der Waals surface area contributed by atoms with Crippen LogP contribution in [0.4, 0.5) is 8.78 Å². The molecule has 0 amide bonds. The SMILES string of the molecule is Cc1ccc([S+]([O-])N=CC2CCC(F)(F)CC2)cc1. The smallest absolute Gasteiger partial charge is 0.248 e. The average Bonchev–Trinajstić information content (AvgIpc) is 2.38. The Morgan fingerprint density at radius 1 is 1.26 bits per heavy atom. The molecule has 1 aromatic carbocycles. The molecule has 0 heterocycles. The molecule has 1 aliphatic carbocycles. The zero-order valence-electron chi connectivity index (χ0n) is 10.8. The minimum Gasteiger partial charge on any atom is -0.586 e. The first-order valence-corrected chi connectivity index (χ1v) is 7.47. The summed E-state index contributed by atoms with van der Waals surface area (Å²) >= 11 is -1.43. The maximum atomic E-state index is 13.0. The monoisotopic (exact) mass is 285 g/mol. The zero-order valence-corrected chi connectivity index (χ0v) is 11.6. The van der Waals surface area contributed by atoms with E-state index >= 15 is 0 Å². The third-order valence-electron chi connectivity index (χ3n) is 3.35. The summed E-state index contributed by atoms with van der Waals surface area (Å²) in [6, 6.07) is 7.31. The third-order valence-corrected chi connectivity index (χ3v) is 4.34. The van der Waals surface area contributed by atoms with Crippen molar-refractivity contribution in [1.82, 2.24) is 0 Å². The van der Waals surface area contributed by atoms with Crippen molar-refractivity contribution in [3.63, 3.8) is 0 Å². The predicted octanol–water partition coefficient (Wildman–Crippen LogP) is 3.91. The number of aryl methyl sites for hydroxylation is 1. The van der Waals surface area contributed by atoms with Gasteiger partial charge in [-0.25, -0.2) is 8.78 Å². The summed E-state index contributed by atoms with van der Waals surface area (Å²) in [6.45, 7) is 1.96. The highest BCUT2D eigenvalue weighted by Crippen LogP contribution is 2.35. The second-order valence-corrected chi connectivity index (χ2v) is 6.19. The summed E-state index contributed by atoms with van der Waals surface area (Å²) in [4.78, 5) is 0.642. The Morgan fingerprint density at radius 3 is 2.42 bits per heavy atom. The lowest BCUT2D eigenvalue weighted by atomic mass is 9.88. The van der Waals surface area contributed by atoms with E-state index in [1.807, 2.05) is 19.1 Å². The number of benzene rings is 1. The van der Waals surface area contributed by atoms with Crippen molar-refractivity contribution in [3.8, 4) is 0 Å². The van der Waals surface area contributed by atoms with Crippen molar-refractivity contribution in [2.24, 2.45) is 10.3 Å². The molecule has 0 saturated heterocycles. The lowest BCUT2D eigenvalue weighted by molar-refractivity contribution is -0.0390. The standard InChI is InChI=1S/C14H17F2NOS/c1-11-2-4-13(5-3-11)19(18)17-10-12-6-8-14(15,16)9-7-12/h2-5,10,12H,6-9H2,1H3. The largest absolute Gasteiger partial charge is 0.586 e. The number of halogens is 2. The first-order chi connectivity index (χ1) is 8.96. The molecule has 0 radical (unpaired) electrons. The van der Waals surface area contributed by atoms with Gasteiger partial charge in [0.2, 0.25) is 5.92 Å². The number of nitrogens with zero attached hydrogens (tertiary/aromatic N) is 1. The van der Waals surface area contributed by atoms with Crippen LogP contribution in [0.3, 0.4) is 0 Å². The Labute approximate surface area is 115 Å². The molecule has 0 bridgehead atoms. The second kappa shape index (κ2) is 6.01. The van der Waals surface area contributed by atoms with Crippen LogP contribution in [0.25, 0.3) is 0 Å². The number of alkyl halides is 2. The van der Waals surface area contributed by atoms with Crippen molar-refractivity contribution in [1.29, 1.82) is 0 Å². The summed E-state index contributed by atoms with van der Waals surface area (Å²) in [5.74, 6) is -2.51. The van der Waals surface area contributed by atoms with Gasteiger partial charge in [-0.1, -0.05) is 22.1 Å². The Morgan fingerprint density at radius 2 is 1.84 bits per heavy atom. The van der Waals surface area contributed by atoms with Crippen LogP contribution in [0.2, 0.25) is 0 Å². The van der Waals surface area contributed by atoms with Gasteiger partial charge in [0.15, 0.2) is 4.90 Å². The number of rotatable bonds is 3. The molecule has 5 heteroatoms. The van der Waals surface area contributed by atoms with Crippen molar-refractivity contribution in [2.75, 3.05) is 0 Å². The summed E-state index contributed by atoms with van der Waals surface area (Å²) in [6.07, 6.45) is 2.23. The van der Waals surface area contributed by atoms with Crippen molar-refractivity contribution < 1.29 is 13.3 Å². The fraction of sp³-hybridized carbons (Fsp3) is 0.500. The highest BCUT2D eigenvalue weighted by Gasteiger charge is 2.34. The molecule has 1 fully saturated rings. The molecule has 104 valence electrons. The maximum Gasteiger partial charge on any atom is 0.248 e. The molecule has 1 aromatic rings. The minimum atomic E-state index is -2.53. The van der Waals surface area contributed by atoms with Gasteiger partial charge < -0.3 is 4.55 Å². The first-order valence-electron chi connectivity index (χ1n) is 6.37. The molecule has 0 aliphatic heterocycles. The van der Waals surface area contributed by atoms with Crippen LogP contribution in [0.5, 0.6) is 0 Å². The Bertz CT molecular complexity index is 437. The van der Waals surface area contributed by atoms with Crippen molar-refractivity contribution >= 4 is 17.6 Å². The number of hydrogen-bond acceptors (Lipinski definition) is 2. The highest BCUT2D eigenvalue weighted by atomic mass is 32.2. The molecular formula is C14H17F2NOS. The van der Waals surface area contributed by atoms with Gasteiger partial charge in [0.1, 0.15) is 11.4 Å². The van der Waals surface area contributed by atoms with E-state index in [0.29, 0.717) is 17.7 Å².